The minimum Gasteiger partial charge on any atom is -0.478 e. The molecule has 6 nitrogen and oxygen atoms in total. The second-order valence-corrected chi connectivity index (χ2v) is 4.68. The van der Waals surface area contributed by atoms with Crippen LogP contribution in [0.15, 0.2) is 18.2 Å². The van der Waals surface area contributed by atoms with Gasteiger partial charge in [0.25, 0.3) is 0 Å². The third-order valence-electron chi connectivity index (χ3n) is 3.50. The summed E-state index contributed by atoms with van der Waals surface area (Å²) in [5.74, 6) is -1.21. The van der Waals surface area contributed by atoms with Crippen molar-refractivity contribution in [1.29, 1.82) is 0 Å². The molecule has 2 heterocycles. The van der Waals surface area contributed by atoms with Gasteiger partial charge in [0.1, 0.15) is 0 Å². The molecule has 1 amide bonds. The molecule has 2 aliphatic rings. The molecule has 1 atom stereocenters. The van der Waals surface area contributed by atoms with Crippen LogP contribution in [0.5, 0.6) is 0 Å². The molecule has 1 fully saturated rings. The number of carbonyl (C=O) groups is 2. The van der Waals surface area contributed by atoms with Crippen molar-refractivity contribution in [1.82, 2.24) is 0 Å². The molecule has 1 aromatic rings. The topological polar surface area (TPSA) is 78.9 Å². The maximum Gasteiger partial charge on any atom is 0.337 e. The van der Waals surface area contributed by atoms with Gasteiger partial charge in [-0.05, 0) is 12.1 Å². The molecule has 0 radical (unpaired) electrons. The number of carbonyl (C=O) groups excluding carboxylic acids is 1. The smallest absolute Gasteiger partial charge is 0.337 e. The van der Waals surface area contributed by atoms with E-state index in [4.69, 9.17) is 4.74 Å². The second-order valence-electron chi connectivity index (χ2n) is 4.68. The molecule has 2 N–H and O–H groups in total. The van der Waals surface area contributed by atoms with Crippen molar-refractivity contribution in [3.05, 3.63) is 23.8 Å². The van der Waals surface area contributed by atoms with Crippen molar-refractivity contribution in [2.24, 2.45) is 0 Å². The summed E-state index contributed by atoms with van der Waals surface area (Å²) in [5, 5.41) is 11.9. The largest absolute Gasteiger partial charge is 0.478 e. The van der Waals surface area contributed by atoms with Crippen molar-refractivity contribution in [3.63, 3.8) is 0 Å². The van der Waals surface area contributed by atoms with Gasteiger partial charge < -0.3 is 20.1 Å². The molecule has 3 rings (SSSR count). The minimum atomic E-state index is -1.04. The third-order valence-corrected chi connectivity index (χ3v) is 3.50. The summed E-state index contributed by atoms with van der Waals surface area (Å²) in [4.78, 5) is 25.2. The Kier molecular flexibility index (Phi) is 2.87. The number of hydrogen-bond donors (Lipinski definition) is 2. The molecule has 0 bridgehead atoms. The number of amides is 1. The zero-order valence-electron chi connectivity index (χ0n) is 10.3. The number of carboxylic acids is 1. The summed E-state index contributed by atoms with van der Waals surface area (Å²) in [5.41, 5.74) is 1.28. The van der Waals surface area contributed by atoms with E-state index in [-0.39, 0.29) is 17.5 Å². The molecule has 19 heavy (non-hydrogen) atoms. The standard InChI is InChI=1S/C13H14N2O4/c16-11-6-8-7-19-5-4-15(8)10-3-1-2-9(13(17)18)12(10)14-11/h1-3,8H,4-7H2,(H,14,16)(H,17,18). The minimum absolute atomic E-state index is 0.0287. The monoisotopic (exact) mass is 262 g/mol. The highest BCUT2D eigenvalue weighted by Crippen LogP contribution is 2.35. The number of ether oxygens (including phenoxy) is 1. The van der Waals surface area contributed by atoms with Gasteiger partial charge in [-0.2, -0.15) is 0 Å². The molecule has 2 aliphatic heterocycles. The highest BCUT2D eigenvalue weighted by atomic mass is 16.5. The van der Waals surface area contributed by atoms with Crippen molar-refractivity contribution in [2.75, 3.05) is 30.0 Å². The summed E-state index contributed by atoms with van der Waals surface area (Å²) >= 11 is 0. The normalized spacial score (nSPS) is 22.0. The van der Waals surface area contributed by atoms with Gasteiger partial charge in [-0.15, -0.1) is 0 Å². The molecule has 1 aromatic carbocycles. The average molecular weight is 262 g/mol. The van der Waals surface area contributed by atoms with Crippen LogP contribution in [-0.2, 0) is 9.53 Å². The Morgan fingerprint density at radius 2 is 2.32 bits per heavy atom. The summed E-state index contributed by atoms with van der Waals surface area (Å²) in [6.45, 7) is 1.74. The van der Waals surface area contributed by atoms with E-state index >= 15 is 0 Å². The number of nitrogens with zero attached hydrogens (tertiary/aromatic N) is 1. The van der Waals surface area contributed by atoms with Crippen LogP contribution in [0.1, 0.15) is 16.8 Å². The molecule has 1 unspecified atom stereocenters. The van der Waals surface area contributed by atoms with Gasteiger partial charge in [0.2, 0.25) is 5.91 Å². The zero-order chi connectivity index (χ0) is 13.4. The summed E-state index contributed by atoms with van der Waals surface area (Å²) in [7, 11) is 0. The van der Waals surface area contributed by atoms with Crippen LogP contribution in [-0.4, -0.2) is 42.8 Å². The van der Waals surface area contributed by atoms with E-state index < -0.39 is 5.97 Å². The predicted molar refractivity (Wildman–Crippen MR) is 68.6 cm³/mol. The van der Waals surface area contributed by atoms with Crippen LogP contribution in [0.2, 0.25) is 0 Å². The first-order valence-electron chi connectivity index (χ1n) is 6.17. The van der Waals surface area contributed by atoms with Crippen LogP contribution in [0.3, 0.4) is 0 Å². The van der Waals surface area contributed by atoms with Gasteiger partial charge in [0.15, 0.2) is 0 Å². The van der Waals surface area contributed by atoms with Gasteiger partial charge in [0.05, 0.1) is 36.2 Å². The van der Waals surface area contributed by atoms with E-state index in [0.717, 1.165) is 5.69 Å². The van der Waals surface area contributed by atoms with E-state index in [1.807, 2.05) is 6.07 Å². The first kappa shape index (κ1) is 12.0. The van der Waals surface area contributed by atoms with E-state index in [1.165, 1.54) is 6.07 Å². The molecule has 100 valence electrons. The van der Waals surface area contributed by atoms with E-state index in [2.05, 4.69) is 10.2 Å². The van der Waals surface area contributed by atoms with E-state index in [9.17, 15) is 14.7 Å². The predicted octanol–water partition coefficient (Wildman–Crippen LogP) is 0.932. The quantitative estimate of drug-likeness (QED) is 0.787. The fraction of sp³-hybridized carbons (Fsp3) is 0.385. The van der Waals surface area contributed by atoms with Crippen molar-refractivity contribution >= 4 is 23.3 Å². The number of para-hydroxylation sites is 1. The first-order chi connectivity index (χ1) is 9.16. The molecule has 0 saturated carbocycles. The van der Waals surface area contributed by atoms with Crippen LogP contribution >= 0.6 is 0 Å². The van der Waals surface area contributed by atoms with Gasteiger partial charge in [-0.3, -0.25) is 4.79 Å². The Morgan fingerprint density at radius 1 is 1.47 bits per heavy atom. The molecule has 0 aromatic heterocycles. The van der Waals surface area contributed by atoms with E-state index in [1.54, 1.807) is 6.07 Å². The maximum absolute atomic E-state index is 11.9. The van der Waals surface area contributed by atoms with E-state index in [0.29, 0.717) is 31.9 Å². The number of morpholine rings is 1. The van der Waals surface area contributed by atoms with Crippen molar-refractivity contribution in [3.8, 4) is 0 Å². The van der Waals surface area contributed by atoms with Crippen molar-refractivity contribution < 1.29 is 19.4 Å². The molecule has 0 spiro atoms. The lowest BCUT2D eigenvalue weighted by molar-refractivity contribution is -0.116. The molecule has 0 aliphatic carbocycles. The van der Waals surface area contributed by atoms with Crippen LogP contribution in [0.4, 0.5) is 11.4 Å². The lowest BCUT2D eigenvalue weighted by Gasteiger charge is -2.36. The Hall–Kier alpha value is -2.08. The first-order valence-corrected chi connectivity index (χ1v) is 6.17. The Balaban J connectivity index is 2.12. The Morgan fingerprint density at radius 3 is 3.11 bits per heavy atom. The number of nitrogens with one attached hydrogen (secondary N) is 1. The second kappa shape index (κ2) is 4.55. The number of rotatable bonds is 1. The summed E-state index contributed by atoms with van der Waals surface area (Å²) in [6.07, 6.45) is 0.313. The number of hydrogen-bond acceptors (Lipinski definition) is 4. The molecular weight excluding hydrogens is 248 g/mol. The highest BCUT2D eigenvalue weighted by Gasteiger charge is 2.32. The van der Waals surface area contributed by atoms with Gasteiger partial charge >= 0.3 is 5.97 Å². The number of fused-ring (bicyclic) bond motifs is 3. The molecule has 6 heteroatoms. The summed E-state index contributed by atoms with van der Waals surface area (Å²) < 4.78 is 5.40. The lowest BCUT2D eigenvalue weighted by atomic mass is 10.1. The fourth-order valence-electron chi connectivity index (χ4n) is 2.63. The van der Waals surface area contributed by atoms with Gasteiger partial charge in [0, 0.05) is 13.0 Å². The number of carboxylic acid groups (broad SMARTS) is 1. The average Bonchev–Trinajstić information content (AvgIpc) is 2.53. The van der Waals surface area contributed by atoms with Gasteiger partial charge in [-0.1, -0.05) is 6.07 Å². The number of aromatic carboxylic acids is 1. The number of anilines is 2. The molecule has 1 saturated heterocycles. The number of benzene rings is 1. The van der Waals surface area contributed by atoms with Crippen LogP contribution < -0.4 is 10.2 Å². The maximum atomic E-state index is 11.9. The fourth-order valence-corrected chi connectivity index (χ4v) is 2.63. The third kappa shape index (κ3) is 2.04. The Labute approximate surface area is 110 Å². The lowest BCUT2D eigenvalue weighted by Crippen LogP contribution is -2.45. The van der Waals surface area contributed by atoms with Gasteiger partial charge in [-0.25, -0.2) is 4.79 Å². The van der Waals surface area contributed by atoms with Crippen LogP contribution in [0, 0.1) is 0 Å². The van der Waals surface area contributed by atoms with Crippen molar-refractivity contribution in [2.45, 2.75) is 12.5 Å². The summed E-state index contributed by atoms with van der Waals surface area (Å²) in [6, 6.07) is 5.01. The zero-order valence-corrected chi connectivity index (χ0v) is 10.3. The Bertz CT molecular complexity index is 543. The SMILES string of the molecule is O=C1CC2COCCN2c2cccc(C(=O)O)c2N1. The highest BCUT2D eigenvalue weighted by molar-refractivity contribution is 6.05. The van der Waals surface area contributed by atoms with Crippen LogP contribution in [0.25, 0.3) is 0 Å². The molecular formula is C13H14N2O4.